The van der Waals surface area contributed by atoms with E-state index >= 15 is 0 Å². The number of anilines is 1. The Morgan fingerprint density at radius 2 is 2.08 bits per heavy atom. The maximum Gasteiger partial charge on any atom is 0.267 e. The molecular formula is C18H23N3O3. The minimum Gasteiger partial charge on any atom is -0.391 e. The molecule has 6 nitrogen and oxygen atoms in total. The minimum atomic E-state index is -0.491. The SMILES string of the molecule is Cc1ccc(C)c(N2N=C(C(=O)N[C@@H]3CCC[C@H]3O)CCC2=O)c1. The van der Waals surface area contributed by atoms with Gasteiger partial charge in [0.2, 0.25) is 5.91 Å². The number of hydrogen-bond donors (Lipinski definition) is 2. The molecule has 1 aromatic carbocycles. The van der Waals surface area contributed by atoms with Crippen molar-refractivity contribution in [3.63, 3.8) is 0 Å². The summed E-state index contributed by atoms with van der Waals surface area (Å²) >= 11 is 0. The Labute approximate surface area is 141 Å². The highest BCUT2D eigenvalue weighted by atomic mass is 16.3. The number of carbonyl (C=O) groups is 2. The topological polar surface area (TPSA) is 82.0 Å². The molecule has 2 atom stereocenters. The van der Waals surface area contributed by atoms with Crippen molar-refractivity contribution in [1.82, 2.24) is 5.32 Å². The van der Waals surface area contributed by atoms with Crippen LogP contribution >= 0.6 is 0 Å². The summed E-state index contributed by atoms with van der Waals surface area (Å²) in [5.74, 6) is -0.398. The van der Waals surface area contributed by atoms with Gasteiger partial charge in [0, 0.05) is 12.8 Å². The molecule has 6 heteroatoms. The number of carbonyl (C=O) groups excluding carboxylic acids is 2. The Morgan fingerprint density at radius 3 is 2.79 bits per heavy atom. The zero-order valence-electron chi connectivity index (χ0n) is 14.1. The lowest BCUT2D eigenvalue weighted by atomic mass is 10.1. The summed E-state index contributed by atoms with van der Waals surface area (Å²) < 4.78 is 0. The van der Waals surface area contributed by atoms with Crippen LogP contribution < -0.4 is 10.3 Å². The number of amides is 2. The molecular weight excluding hydrogens is 306 g/mol. The first-order chi connectivity index (χ1) is 11.5. The third-order valence-corrected chi connectivity index (χ3v) is 4.68. The van der Waals surface area contributed by atoms with E-state index in [0.717, 1.165) is 24.0 Å². The van der Waals surface area contributed by atoms with Gasteiger partial charge in [0.1, 0.15) is 5.71 Å². The molecule has 24 heavy (non-hydrogen) atoms. The van der Waals surface area contributed by atoms with Crippen molar-refractivity contribution >= 4 is 23.2 Å². The summed E-state index contributed by atoms with van der Waals surface area (Å²) in [5, 5.41) is 18.4. The Kier molecular flexibility index (Phi) is 4.66. The van der Waals surface area contributed by atoms with Gasteiger partial charge in [-0.05, 0) is 50.3 Å². The number of nitrogens with zero attached hydrogens (tertiary/aromatic N) is 2. The highest BCUT2D eigenvalue weighted by Crippen LogP contribution is 2.26. The lowest BCUT2D eigenvalue weighted by Gasteiger charge is -2.25. The van der Waals surface area contributed by atoms with Gasteiger partial charge in [-0.2, -0.15) is 5.10 Å². The molecule has 1 aliphatic heterocycles. The van der Waals surface area contributed by atoms with E-state index in [-0.39, 0.29) is 24.3 Å². The summed E-state index contributed by atoms with van der Waals surface area (Å²) in [7, 11) is 0. The number of nitrogens with one attached hydrogen (secondary N) is 1. The highest BCUT2D eigenvalue weighted by Gasteiger charge is 2.31. The van der Waals surface area contributed by atoms with Crippen molar-refractivity contribution < 1.29 is 14.7 Å². The Morgan fingerprint density at radius 1 is 1.29 bits per heavy atom. The number of aryl methyl sites for hydroxylation is 2. The third kappa shape index (κ3) is 3.33. The van der Waals surface area contributed by atoms with Crippen LogP contribution in [0.25, 0.3) is 0 Å². The molecule has 0 unspecified atom stereocenters. The fraction of sp³-hybridized carbons (Fsp3) is 0.500. The number of aliphatic hydroxyl groups is 1. The fourth-order valence-corrected chi connectivity index (χ4v) is 3.21. The summed E-state index contributed by atoms with van der Waals surface area (Å²) in [5.41, 5.74) is 3.02. The van der Waals surface area contributed by atoms with Gasteiger partial charge >= 0.3 is 0 Å². The van der Waals surface area contributed by atoms with Gasteiger partial charge < -0.3 is 10.4 Å². The highest BCUT2D eigenvalue weighted by molar-refractivity contribution is 6.40. The van der Waals surface area contributed by atoms with Crippen molar-refractivity contribution in [2.45, 2.75) is 58.1 Å². The summed E-state index contributed by atoms with van der Waals surface area (Å²) in [6.45, 7) is 3.87. The van der Waals surface area contributed by atoms with E-state index in [4.69, 9.17) is 0 Å². The molecule has 0 saturated heterocycles. The molecule has 0 aromatic heterocycles. The van der Waals surface area contributed by atoms with Crippen LogP contribution in [0, 0.1) is 13.8 Å². The summed E-state index contributed by atoms with van der Waals surface area (Å²) in [6, 6.07) is 5.60. The van der Waals surface area contributed by atoms with Gasteiger partial charge in [0.25, 0.3) is 5.91 Å². The standard InChI is InChI=1S/C18H23N3O3/c1-11-6-7-12(2)15(10-11)21-17(23)9-8-14(20-21)18(24)19-13-4-3-5-16(13)22/h6-7,10,13,16,22H,3-5,8-9H2,1-2H3,(H,19,24)/t13-,16-/m1/s1. The van der Waals surface area contributed by atoms with Crippen LogP contribution in [-0.4, -0.2) is 34.8 Å². The zero-order chi connectivity index (χ0) is 17.3. The van der Waals surface area contributed by atoms with Crippen molar-refractivity contribution in [1.29, 1.82) is 0 Å². The quantitative estimate of drug-likeness (QED) is 0.887. The molecule has 3 rings (SSSR count). The zero-order valence-corrected chi connectivity index (χ0v) is 14.1. The van der Waals surface area contributed by atoms with E-state index in [1.54, 1.807) is 0 Å². The largest absolute Gasteiger partial charge is 0.391 e. The summed E-state index contributed by atoms with van der Waals surface area (Å²) in [4.78, 5) is 24.7. The molecule has 0 radical (unpaired) electrons. The van der Waals surface area contributed by atoms with Crippen LogP contribution in [0.2, 0.25) is 0 Å². The minimum absolute atomic E-state index is 0.110. The lowest BCUT2D eigenvalue weighted by Crippen LogP contribution is -2.45. The molecule has 1 heterocycles. The maximum absolute atomic E-state index is 12.4. The molecule has 2 aliphatic rings. The lowest BCUT2D eigenvalue weighted by molar-refractivity contribution is -0.119. The second-order valence-corrected chi connectivity index (χ2v) is 6.62. The fourth-order valence-electron chi connectivity index (χ4n) is 3.21. The van der Waals surface area contributed by atoms with Crippen LogP contribution in [0.1, 0.15) is 43.2 Å². The van der Waals surface area contributed by atoms with Crippen LogP contribution in [0.15, 0.2) is 23.3 Å². The van der Waals surface area contributed by atoms with Gasteiger partial charge in [-0.3, -0.25) is 9.59 Å². The monoisotopic (exact) mass is 329 g/mol. The van der Waals surface area contributed by atoms with E-state index < -0.39 is 6.10 Å². The molecule has 1 saturated carbocycles. The Hall–Kier alpha value is -2.21. The first-order valence-electron chi connectivity index (χ1n) is 8.42. The molecule has 0 spiro atoms. The van der Waals surface area contributed by atoms with Crippen LogP contribution in [0.4, 0.5) is 5.69 Å². The molecule has 1 aromatic rings. The number of aliphatic hydroxyl groups excluding tert-OH is 1. The van der Waals surface area contributed by atoms with Crippen LogP contribution in [0.3, 0.4) is 0 Å². The molecule has 0 bridgehead atoms. The Balaban J connectivity index is 1.82. The molecule has 1 aliphatic carbocycles. The average molecular weight is 329 g/mol. The Bertz CT molecular complexity index is 699. The number of rotatable bonds is 3. The van der Waals surface area contributed by atoms with Crippen LogP contribution in [-0.2, 0) is 9.59 Å². The number of hydrogen-bond acceptors (Lipinski definition) is 4. The first kappa shape index (κ1) is 16.6. The van der Waals surface area contributed by atoms with E-state index in [9.17, 15) is 14.7 Å². The van der Waals surface area contributed by atoms with E-state index in [2.05, 4.69) is 10.4 Å². The molecule has 2 amide bonds. The average Bonchev–Trinajstić information content (AvgIpc) is 2.95. The van der Waals surface area contributed by atoms with Crippen molar-refractivity contribution in [3.05, 3.63) is 29.3 Å². The normalized spacial score (nSPS) is 24.0. The van der Waals surface area contributed by atoms with Gasteiger partial charge in [0.05, 0.1) is 17.8 Å². The molecule has 2 N–H and O–H groups in total. The van der Waals surface area contributed by atoms with Crippen molar-refractivity contribution in [2.75, 3.05) is 5.01 Å². The van der Waals surface area contributed by atoms with Crippen molar-refractivity contribution in [2.24, 2.45) is 5.10 Å². The predicted octanol–water partition coefficient (Wildman–Crippen LogP) is 1.82. The van der Waals surface area contributed by atoms with Gasteiger partial charge in [-0.1, -0.05) is 12.1 Å². The van der Waals surface area contributed by atoms with Gasteiger partial charge in [-0.25, -0.2) is 5.01 Å². The predicted molar refractivity (Wildman–Crippen MR) is 91.9 cm³/mol. The van der Waals surface area contributed by atoms with E-state index in [1.807, 2.05) is 32.0 Å². The maximum atomic E-state index is 12.4. The van der Waals surface area contributed by atoms with E-state index in [1.165, 1.54) is 5.01 Å². The first-order valence-corrected chi connectivity index (χ1v) is 8.42. The summed E-state index contributed by atoms with van der Waals surface area (Å²) in [6.07, 6.45) is 2.49. The number of hydrazone groups is 1. The molecule has 1 fully saturated rings. The second-order valence-electron chi connectivity index (χ2n) is 6.62. The third-order valence-electron chi connectivity index (χ3n) is 4.68. The van der Waals surface area contributed by atoms with Gasteiger partial charge in [0.15, 0.2) is 0 Å². The second kappa shape index (κ2) is 6.73. The van der Waals surface area contributed by atoms with Gasteiger partial charge in [-0.15, -0.1) is 0 Å². The van der Waals surface area contributed by atoms with Crippen LogP contribution in [0.5, 0.6) is 0 Å². The smallest absolute Gasteiger partial charge is 0.267 e. The van der Waals surface area contributed by atoms with Crippen molar-refractivity contribution in [3.8, 4) is 0 Å². The molecule has 128 valence electrons. The number of benzene rings is 1. The van der Waals surface area contributed by atoms with E-state index in [0.29, 0.717) is 24.2 Å².